The van der Waals surface area contributed by atoms with Crippen LogP contribution in [0.2, 0.25) is 0 Å². The zero-order valence-corrected chi connectivity index (χ0v) is 19.3. The van der Waals surface area contributed by atoms with Gasteiger partial charge in [-0.2, -0.15) is 0 Å². The van der Waals surface area contributed by atoms with Crippen molar-refractivity contribution in [3.63, 3.8) is 0 Å². The fourth-order valence-electron chi connectivity index (χ4n) is 4.12. The second kappa shape index (κ2) is 10.1. The Morgan fingerprint density at radius 1 is 1.17 bits per heavy atom. The van der Waals surface area contributed by atoms with Crippen molar-refractivity contribution < 1.29 is 23.8 Å². The van der Waals surface area contributed by atoms with Crippen LogP contribution in [0.1, 0.15) is 44.7 Å². The average molecular weight is 480 g/mol. The number of hydrogen-bond donors (Lipinski definition) is 2. The molecule has 4 rings (SSSR count). The SMILES string of the molecule is CO[C@@H]1C[C@H](c2nc(C(=O)NCc3ccc(F)cc3)c(O)c(=O)n2C)N(C(=O)c2ccccc2)C1. The first-order valence-corrected chi connectivity index (χ1v) is 11.0. The molecule has 35 heavy (non-hydrogen) atoms. The van der Waals surface area contributed by atoms with Crippen LogP contribution in [0.4, 0.5) is 4.39 Å². The van der Waals surface area contributed by atoms with Crippen LogP contribution in [0, 0.1) is 5.82 Å². The summed E-state index contributed by atoms with van der Waals surface area (Å²) in [7, 11) is 2.96. The highest BCUT2D eigenvalue weighted by molar-refractivity contribution is 5.95. The van der Waals surface area contributed by atoms with Crippen LogP contribution in [0.25, 0.3) is 0 Å². The molecule has 0 bridgehead atoms. The number of aromatic nitrogens is 2. The lowest BCUT2D eigenvalue weighted by molar-refractivity contribution is 0.0682. The minimum atomic E-state index is -0.810. The third kappa shape index (κ3) is 4.92. The van der Waals surface area contributed by atoms with Crippen LogP contribution in [0.15, 0.2) is 59.4 Å². The van der Waals surface area contributed by atoms with Crippen molar-refractivity contribution in [1.29, 1.82) is 0 Å². The van der Waals surface area contributed by atoms with Gasteiger partial charge >= 0.3 is 0 Å². The molecule has 0 radical (unpaired) electrons. The fraction of sp³-hybridized carbons (Fsp3) is 0.280. The fourth-order valence-corrected chi connectivity index (χ4v) is 4.12. The maximum Gasteiger partial charge on any atom is 0.296 e. The van der Waals surface area contributed by atoms with Gasteiger partial charge in [-0.05, 0) is 29.8 Å². The number of carbonyl (C=O) groups excluding carboxylic acids is 2. The first-order chi connectivity index (χ1) is 16.8. The smallest absolute Gasteiger partial charge is 0.296 e. The summed E-state index contributed by atoms with van der Waals surface area (Å²) >= 11 is 0. The van der Waals surface area contributed by atoms with Crippen LogP contribution in [-0.2, 0) is 18.3 Å². The summed E-state index contributed by atoms with van der Waals surface area (Å²) in [6.45, 7) is 0.316. The molecular weight excluding hydrogens is 455 g/mol. The van der Waals surface area contributed by atoms with Crippen molar-refractivity contribution in [2.75, 3.05) is 13.7 Å². The van der Waals surface area contributed by atoms with E-state index in [0.717, 1.165) is 4.57 Å². The van der Waals surface area contributed by atoms with E-state index >= 15 is 0 Å². The number of nitrogens with zero attached hydrogens (tertiary/aromatic N) is 3. The van der Waals surface area contributed by atoms with E-state index in [2.05, 4.69) is 10.3 Å². The second-order valence-corrected chi connectivity index (χ2v) is 8.27. The number of benzene rings is 2. The number of aromatic hydroxyl groups is 1. The number of halogens is 1. The summed E-state index contributed by atoms with van der Waals surface area (Å²) in [4.78, 5) is 44.8. The normalized spacial score (nSPS) is 17.4. The average Bonchev–Trinajstić information content (AvgIpc) is 3.31. The van der Waals surface area contributed by atoms with Gasteiger partial charge in [0.15, 0.2) is 5.69 Å². The monoisotopic (exact) mass is 480 g/mol. The van der Waals surface area contributed by atoms with Gasteiger partial charge in [-0.15, -0.1) is 0 Å². The van der Waals surface area contributed by atoms with E-state index in [-0.39, 0.29) is 30.9 Å². The van der Waals surface area contributed by atoms with Crippen LogP contribution in [0.5, 0.6) is 5.75 Å². The second-order valence-electron chi connectivity index (χ2n) is 8.27. The van der Waals surface area contributed by atoms with E-state index in [0.29, 0.717) is 17.5 Å². The van der Waals surface area contributed by atoms with Gasteiger partial charge in [0.2, 0.25) is 5.75 Å². The van der Waals surface area contributed by atoms with Crippen LogP contribution in [0.3, 0.4) is 0 Å². The van der Waals surface area contributed by atoms with Crippen molar-refractivity contribution in [2.45, 2.75) is 25.1 Å². The van der Waals surface area contributed by atoms with Gasteiger partial charge in [0.25, 0.3) is 17.4 Å². The van der Waals surface area contributed by atoms with Crippen LogP contribution < -0.4 is 10.9 Å². The standard InChI is InChI=1S/C25H25FN4O5/c1-29-22(19-12-18(35-2)14-30(19)24(33)16-6-4-3-5-7-16)28-20(21(31)25(29)34)23(32)27-13-15-8-10-17(26)11-9-15/h3-11,18-19,31H,12-14H2,1-2H3,(H,27,32)/t18-,19-/m1/s1. The molecule has 2 aromatic carbocycles. The van der Waals surface area contributed by atoms with Gasteiger partial charge in [-0.1, -0.05) is 30.3 Å². The minimum Gasteiger partial charge on any atom is -0.501 e. The molecule has 1 aromatic heterocycles. The molecule has 2 N–H and O–H groups in total. The molecule has 0 aliphatic carbocycles. The summed E-state index contributed by atoms with van der Waals surface area (Å²) in [5.74, 6) is -2.08. The molecule has 3 aromatic rings. The van der Waals surface area contributed by atoms with Gasteiger partial charge < -0.3 is 20.1 Å². The van der Waals surface area contributed by atoms with Gasteiger partial charge in [0, 0.05) is 39.2 Å². The topological polar surface area (TPSA) is 114 Å². The lowest BCUT2D eigenvalue weighted by atomic mass is 10.1. The van der Waals surface area contributed by atoms with Gasteiger partial charge in [0.05, 0.1) is 12.1 Å². The molecule has 2 heterocycles. The Labute approximate surface area is 200 Å². The molecular formula is C25H25FN4O5. The first-order valence-electron chi connectivity index (χ1n) is 11.0. The van der Waals surface area contributed by atoms with E-state index in [9.17, 15) is 23.9 Å². The number of carbonyl (C=O) groups is 2. The highest BCUT2D eigenvalue weighted by Gasteiger charge is 2.39. The Balaban J connectivity index is 1.66. The molecule has 2 atom stereocenters. The number of methoxy groups -OCH3 is 1. The van der Waals surface area contributed by atoms with Crippen molar-refractivity contribution in [2.24, 2.45) is 7.05 Å². The van der Waals surface area contributed by atoms with Gasteiger partial charge in [-0.3, -0.25) is 19.0 Å². The molecule has 1 saturated heterocycles. The van der Waals surface area contributed by atoms with Crippen molar-refractivity contribution >= 4 is 11.8 Å². The van der Waals surface area contributed by atoms with Gasteiger partial charge in [0.1, 0.15) is 11.6 Å². The van der Waals surface area contributed by atoms with E-state index in [1.54, 1.807) is 35.2 Å². The number of amides is 2. The molecule has 10 heteroatoms. The Morgan fingerprint density at radius 3 is 2.51 bits per heavy atom. The van der Waals surface area contributed by atoms with Crippen LogP contribution in [-0.4, -0.2) is 51.1 Å². The molecule has 1 aliphatic rings. The summed E-state index contributed by atoms with van der Waals surface area (Å²) in [6, 6.07) is 13.6. The highest BCUT2D eigenvalue weighted by Crippen LogP contribution is 2.33. The Hall–Kier alpha value is -4.05. The number of nitrogens with one attached hydrogen (secondary N) is 1. The maximum absolute atomic E-state index is 13.3. The minimum absolute atomic E-state index is 0.0402. The molecule has 0 unspecified atom stereocenters. The molecule has 1 aliphatic heterocycles. The first kappa shape index (κ1) is 24.1. The molecule has 0 spiro atoms. The zero-order valence-electron chi connectivity index (χ0n) is 19.3. The Bertz CT molecular complexity index is 1290. The highest BCUT2D eigenvalue weighted by atomic mass is 19.1. The summed E-state index contributed by atoms with van der Waals surface area (Å²) in [6.07, 6.45) is 0.0608. The molecule has 182 valence electrons. The third-order valence-corrected chi connectivity index (χ3v) is 6.06. The lowest BCUT2D eigenvalue weighted by Crippen LogP contribution is -2.36. The largest absolute Gasteiger partial charge is 0.501 e. The summed E-state index contributed by atoms with van der Waals surface area (Å²) < 4.78 is 19.7. The van der Waals surface area contributed by atoms with Crippen molar-refractivity contribution in [3.05, 3.63) is 93.4 Å². The quantitative estimate of drug-likeness (QED) is 0.559. The molecule has 9 nitrogen and oxygen atoms in total. The predicted molar refractivity (Wildman–Crippen MR) is 124 cm³/mol. The summed E-state index contributed by atoms with van der Waals surface area (Å²) in [5.41, 5.74) is -0.162. The zero-order chi connectivity index (χ0) is 25.1. The molecule has 1 fully saturated rings. The molecule has 2 amide bonds. The molecule has 0 saturated carbocycles. The number of ether oxygens (including phenoxy) is 1. The number of likely N-dealkylation sites (tertiary alicyclic amines) is 1. The Morgan fingerprint density at radius 2 is 1.86 bits per heavy atom. The third-order valence-electron chi connectivity index (χ3n) is 6.06. The maximum atomic E-state index is 13.3. The summed E-state index contributed by atoms with van der Waals surface area (Å²) in [5, 5.41) is 13.0. The van der Waals surface area contributed by atoms with E-state index in [1.807, 2.05) is 0 Å². The van der Waals surface area contributed by atoms with E-state index in [4.69, 9.17) is 4.74 Å². The van der Waals surface area contributed by atoms with E-state index < -0.39 is 34.8 Å². The van der Waals surface area contributed by atoms with E-state index in [1.165, 1.54) is 38.4 Å². The number of rotatable bonds is 6. The lowest BCUT2D eigenvalue weighted by Gasteiger charge is -2.25. The predicted octanol–water partition coefficient (Wildman–Crippen LogP) is 2.16. The van der Waals surface area contributed by atoms with Crippen molar-refractivity contribution in [3.8, 4) is 5.75 Å². The van der Waals surface area contributed by atoms with Crippen LogP contribution >= 0.6 is 0 Å². The Kier molecular flexibility index (Phi) is 6.92. The van der Waals surface area contributed by atoms with Gasteiger partial charge in [-0.25, -0.2) is 9.37 Å². The van der Waals surface area contributed by atoms with Crippen molar-refractivity contribution in [1.82, 2.24) is 19.8 Å². The number of hydrogen-bond acceptors (Lipinski definition) is 6.